The zero-order chi connectivity index (χ0) is 31.7. The molecule has 0 unspecified atom stereocenters. The van der Waals surface area contributed by atoms with E-state index in [1.54, 1.807) is 0 Å². The molecule has 42 heavy (non-hydrogen) atoms. The van der Waals surface area contributed by atoms with Crippen molar-refractivity contribution in [3.05, 3.63) is 21.3 Å². The Morgan fingerprint density at radius 3 is 0.476 bits per heavy atom. The van der Waals surface area contributed by atoms with Crippen LogP contribution in [-0.2, 0) is 0 Å². The van der Waals surface area contributed by atoms with Crippen LogP contribution >= 0.6 is 0 Å². The number of rotatable bonds is 12. The molecule has 0 aromatic heterocycles. The largest absolute Gasteiger partial charge is 2.00 e. The molecular weight excluding hydrogens is 567 g/mol. The van der Waals surface area contributed by atoms with Crippen LogP contribution in [0.4, 0.5) is 0 Å². The third-order valence-electron chi connectivity index (χ3n) is 3.38. The Morgan fingerprint density at radius 2 is 0.476 bits per heavy atom. The Kier molecular flexibility index (Phi) is 101. The standard InChI is InChI=1S/4C6H14N.2C4H9O.2Mg.2Na/c4*1-5(2)7-6(3)4;2*1-2-3-4-5;;;;/h4*5-6H,1-4H3;2*2-4H2,1H3;;;;/q6*-1;2*+2;2*+1. The van der Waals surface area contributed by atoms with Crippen molar-refractivity contribution in [3.8, 4) is 0 Å². The van der Waals surface area contributed by atoms with Crippen LogP contribution in [0, 0.1) is 0 Å². The third kappa shape index (κ3) is 143. The van der Waals surface area contributed by atoms with Gasteiger partial charge in [0.1, 0.15) is 0 Å². The third-order valence-corrected chi connectivity index (χ3v) is 3.38. The zero-order valence-corrected chi connectivity index (χ0v) is 39.7. The van der Waals surface area contributed by atoms with Gasteiger partial charge in [-0.2, -0.15) is 0 Å². The molecule has 0 aliphatic rings. The summed E-state index contributed by atoms with van der Waals surface area (Å²) in [6.07, 6.45) is 3.73. The zero-order valence-electron chi connectivity index (χ0n) is 32.9. The second kappa shape index (κ2) is 59.7. The number of unbranched alkanes of at least 4 members (excludes halogenated alkanes) is 2. The molecule has 0 N–H and O–H groups in total. The molecule has 0 amide bonds. The van der Waals surface area contributed by atoms with Crippen LogP contribution in [0.3, 0.4) is 0 Å². The van der Waals surface area contributed by atoms with Crippen LogP contribution in [0.25, 0.3) is 21.3 Å². The molecule has 0 aromatic carbocycles. The molecule has 0 radical (unpaired) electrons. The average Bonchev–Trinajstić information content (AvgIpc) is 2.67. The van der Waals surface area contributed by atoms with Crippen molar-refractivity contribution in [1.29, 1.82) is 0 Å². The van der Waals surface area contributed by atoms with Gasteiger partial charge in [0, 0.05) is 0 Å². The van der Waals surface area contributed by atoms with Gasteiger partial charge in [-0.15, -0.1) is 61.5 Å². The van der Waals surface area contributed by atoms with E-state index in [1.807, 2.05) is 13.8 Å². The van der Waals surface area contributed by atoms with Gasteiger partial charge in [0.05, 0.1) is 0 Å². The van der Waals surface area contributed by atoms with Gasteiger partial charge in [-0.25, -0.2) is 0 Å². The molecule has 0 aliphatic carbocycles. The van der Waals surface area contributed by atoms with Crippen molar-refractivity contribution in [1.82, 2.24) is 0 Å². The minimum atomic E-state index is 0. The van der Waals surface area contributed by atoms with E-state index in [0.717, 1.165) is 25.7 Å². The predicted molar refractivity (Wildman–Crippen MR) is 186 cm³/mol. The Labute approximate surface area is 344 Å². The number of hydrogen-bond acceptors (Lipinski definition) is 2. The summed E-state index contributed by atoms with van der Waals surface area (Å²) in [5, 5.41) is 36.2. The average molecular weight is 642 g/mol. The minimum absolute atomic E-state index is 0. The summed E-state index contributed by atoms with van der Waals surface area (Å²) in [4.78, 5) is 0. The van der Waals surface area contributed by atoms with E-state index < -0.39 is 0 Å². The molecule has 0 bridgehead atoms. The molecule has 0 heterocycles. The van der Waals surface area contributed by atoms with Crippen LogP contribution in [0.5, 0.6) is 0 Å². The molecule has 6 nitrogen and oxygen atoms in total. The van der Waals surface area contributed by atoms with Gasteiger partial charge in [-0.05, 0) is 0 Å². The van der Waals surface area contributed by atoms with Crippen molar-refractivity contribution < 1.29 is 69.3 Å². The first-order chi connectivity index (χ1) is 17.3. The Morgan fingerprint density at radius 1 is 0.357 bits per heavy atom. The first-order valence-corrected chi connectivity index (χ1v) is 15.3. The van der Waals surface area contributed by atoms with Crippen LogP contribution in [0.1, 0.15) is 150 Å². The van der Waals surface area contributed by atoms with Crippen LogP contribution in [0.15, 0.2) is 0 Å². The van der Waals surface area contributed by atoms with E-state index in [9.17, 15) is 10.2 Å². The van der Waals surface area contributed by atoms with Crippen molar-refractivity contribution >= 4 is 46.1 Å². The number of nitrogens with zero attached hydrogens (tertiary/aromatic N) is 4. The summed E-state index contributed by atoms with van der Waals surface area (Å²) < 4.78 is 0. The van der Waals surface area contributed by atoms with E-state index in [-0.39, 0.29) is 118 Å². The molecule has 240 valence electrons. The fraction of sp³-hybridized carbons (Fsp3) is 1.00. The van der Waals surface area contributed by atoms with E-state index >= 15 is 0 Å². The first-order valence-electron chi connectivity index (χ1n) is 15.3. The summed E-state index contributed by atoms with van der Waals surface area (Å²) in [7, 11) is 0. The van der Waals surface area contributed by atoms with Gasteiger partial charge in [-0.3, -0.25) is 0 Å². The molecule has 10 heteroatoms. The summed E-state index contributed by atoms with van der Waals surface area (Å²) >= 11 is 0. The van der Waals surface area contributed by atoms with Crippen LogP contribution in [-0.4, -0.2) is 108 Å². The molecule has 0 aliphatic heterocycles. The maximum absolute atomic E-state index is 9.53. The van der Waals surface area contributed by atoms with Gasteiger partial charge in [0.2, 0.25) is 0 Å². The van der Waals surface area contributed by atoms with Gasteiger partial charge < -0.3 is 31.5 Å². The summed E-state index contributed by atoms with van der Waals surface area (Å²) in [5.74, 6) is 0. The van der Waals surface area contributed by atoms with Crippen molar-refractivity contribution in [3.63, 3.8) is 0 Å². The fourth-order valence-corrected chi connectivity index (χ4v) is 2.67. The molecule has 0 fully saturated rings. The van der Waals surface area contributed by atoms with E-state index in [0.29, 0.717) is 48.3 Å². The normalized spacial score (nSPS) is 9.43. The first kappa shape index (κ1) is 71.3. The molecule has 0 spiro atoms. The Bertz CT molecular complexity index is 292. The quantitative estimate of drug-likeness (QED) is 0.306. The molecule has 0 saturated carbocycles. The van der Waals surface area contributed by atoms with Gasteiger partial charge in [-0.1, -0.05) is 150 Å². The van der Waals surface area contributed by atoms with Crippen LogP contribution < -0.4 is 69.3 Å². The number of hydrogen-bond donors (Lipinski definition) is 0. The summed E-state index contributed by atoms with van der Waals surface area (Å²) in [6, 6.07) is 4.00. The smallest absolute Gasteiger partial charge is 0.854 e. The molecule has 0 aromatic rings. The topological polar surface area (TPSA) is 103 Å². The van der Waals surface area contributed by atoms with Crippen molar-refractivity contribution in [2.24, 2.45) is 0 Å². The summed E-state index contributed by atoms with van der Waals surface area (Å²) in [6.45, 7) is 37.8. The predicted octanol–water partition coefficient (Wildman–Crippen LogP) is 2.25. The maximum Gasteiger partial charge on any atom is 2.00 e. The van der Waals surface area contributed by atoms with Crippen LogP contribution in [0.2, 0.25) is 0 Å². The SMILES string of the molecule is CC(C)[N-]C(C)C.CC(C)[N-]C(C)C.CC(C)[N-]C(C)C.CC(C)[N-]C(C)C.CCCC[O-].CCCC[O-].[Mg+2].[Mg+2].[Na+].[Na+]. The summed E-state index contributed by atoms with van der Waals surface area (Å²) in [5.41, 5.74) is 0. The minimum Gasteiger partial charge on any atom is -0.854 e. The van der Waals surface area contributed by atoms with E-state index in [1.165, 1.54) is 0 Å². The van der Waals surface area contributed by atoms with Gasteiger partial charge in [0.15, 0.2) is 0 Å². The molecular formula is C32H74Mg2N4Na2O2. The molecule has 0 atom stereocenters. The Balaban J connectivity index is -0.0000000361. The fourth-order valence-electron chi connectivity index (χ4n) is 2.67. The maximum atomic E-state index is 9.53. The van der Waals surface area contributed by atoms with Crippen molar-refractivity contribution in [2.75, 3.05) is 13.2 Å². The monoisotopic (exact) mass is 641 g/mol. The van der Waals surface area contributed by atoms with E-state index in [2.05, 4.69) is 132 Å². The van der Waals surface area contributed by atoms with Crippen molar-refractivity contribution in [2.45, 2.75) is 199 Å². The second-order valence-corrected chi connectivity index (χ2v) is 11.5. The molecule has 0 rings (SSSR count). The second-order valence-electron chi connectivity index (χ2n) is 11.5. The Hall–Kier alpha value is 3.29. The van der Waals surface area contributed by atoms with Gasteiger partial charge >= 0.3 is 105 Å². The van der Waals surface area contributed by atoms with E-state index in [4.69, 9.17) is 0 Å². The molecule has 0 saturated heterocycles. The van der Waals surface area contributed by atoms with Gasteiger partial charge in [0.25, 0.3) is 0 Å².